The summed E-state index contributed by atoms with van der Waals surface area (Å²) in [5, 5.41) is 3.75. The van der Waals surface area contributed by atoms with Crippen molar-refractivity contribution in [1.82, 2.24) is 10.2 Å². The maximum Gasteiger partial charge on any atom is 0.204 e. The van der Waals surface area contributed by atoms with Crippen molar-refractivity contribution in [2.24, 2.45) is 0 Å². The first-order chi connectivity index (χ1) is 22.0. The molecule has 8 nitrogen and oxygen atoms in total. The molecule has 0 saturated carbocycles. The van der Waals surface area contributed by atoms with Crippen LogP contribution in [0.3, 0.4) is 0 Å². The fourth-order valence-electron chi connectivity index (χ4n) is 7.03. The van der Waals surface area contributed by atoms with Crippen molar-refractivity contribution in [3.63, 3.8) is 0 Å². The van der Waals surface area contributed by atoms with Crippen LogP contribution in [0.1, 0.15) is 45.5 Å². The van der Waals surface area contributed by atoms with Crippen molar-refractivity contribution in [2.45, 2.75) is 37.8 Å². The van der Waals surface area contributed by atoms with Crippen LogP contribution in [0.2, 0.25) is 0 Å². The van der Waals surface area contributed by atoms with Crippen LogP contribution in [0.4, 0.5) is 0 Å². The van der Waals surface area contributed by atoms with Crippen LogP contribution in [0.5, 0.6) is 46.0 Å². The van der Waals surface area contributed by atoms with Crippen molar-refractivity contribution >= 4 is 0 Å². The van der Waals surface area contributed by atoms with Crippen molar-refractivity contribution < 1.29 is 28.4 Å². The first kappa shape index (κ1) is 29.3. The number of nitrogens with zero attached hydrogens (tertiary/aromatic N) is 1. The minimum absolute atomic E-state index is 0.0505. The Morgan fingerprint density at radius 3 is 2.20 bits per heavy atom. The smallest absolute Gasteiger partial charge is 0.204 e. The summed E-state index contributed by atoms with van der Waals surface area (Å²) in [7, 11) is 8.89. The fraction of sp³-hybridized carbons (Fsp3) is 0.351. The van der Waals surface area contributed by atoms with E-state index in [2.05, 4.69) is 59.7 Å². The highest BCUT2D eigenvalue weighted by atomic mass is 16.5. The molecular weight excluding hydrogens is 568 g/mol. The molecule has 4 aliphatic heterocycles. The summed E-state index contributed by atoms with van der Waals surface area (Å²) in [6.45, 7) is 1.79. The highest BCUT2D eigenvalue weighted by Crippen LogP contribution is 2.50. The predicted octanol–water partition coefficient (Wildman–Crippen LogP) is 6.82. The standard InChI is InChI=1S/C37H40N2O6/c1-39-15-13-24-19-31(41-3)33-21-27(24)29(39)17-22-6-9-26(10-7-22)44-32-18-23(8-11-30(32)40-2)16-28-35-25(12-14-38-28)20-34(42-4)36(43-5)37(35)45-33/h6-11,18-21,28-29,38H,12-17H2,1-5H3/t28-,29-/m1/s1. The second-order valence-electron chi connectivity index (χ2n) is 12.0. The number of methoxy groups -OCH3 is 4. The second kappa shape index (κ2) is 12.2. The first-order valence-electron chi connectivity index (χ1n) is 15.5. The molecule has 4 heterocycles. The number of hydrogen-bond donors (Lipinski definition) is 1. The van der Waals surface area contributed by atoms with Crippen molar-refractivity contribution in [2.75, 3.05) is 48.6 Å². The quantitative estimate of drug-likeness (QED) is 0.271. The summed E-state index contributed by atoms with van der Waals surface area (Å²) in [6, 6.07) is 21.0. The topological polar surface area (TPSA) is 70.7 Å². The van der Waals surface area contributed by atoms with Gasteiger partial charge in [-0.3, -0.25) is 4.90 Å². The summed E-state index contributed by atoms with van der Waals surface area (Å²) in [4.78, 5) is 2.42. The summed E-state index contributed by atoms with van der Waals surface area (Å²) in [6.07, 6.45) is 3.32. The van der Waals surface area contributed by atoms with Crippen molar-refractivity contribution in [1.29, 1.82) is 0 Å². The van der Waals surface area contributed by atoms with Gasteiger partial charge in [-0.15, -0.1) is 0 Å². The van der Waals surface area contributed by atoms with Crippen LogP contribution in [0.25, 0.3) is 0 Å². The normalized spacial score (nSPS) is 18.9. The largest absolute Gasteiger partial charge is 0.493 e. The SMILES string of the molecule is COc1ccc2cc1Oc1ccc(cc1)C[C@@H]1c3cc(c(OC)cc3CCN1C)Oc1c(OC)c(OC)cc3c1[C@@H](C2)NCC3. The number of likely N-dealkylation sites (N-methyl/N-ethyl adjacent to an activating group) is 1. The lowest BCUT2D eigenvalue weighted by molar-refractivity contribution is 0.228. The third-order valence-corrected chi connectivity index (χ3v) is 9.39. The lowest BCUT2D eigenvalue weighted by Gasteiger charge is -2.36. The number of ether oxygens (including phenoxy) is 6. The van der Waals surface area contributed by atoms with Crippen LogP contribution < -0.4 is 33.7 Å². The molecule has 8 heteroatoms. The van der Waals surface area contributed by atoms with E-state index >= 15 is 0 Å². The molecule has 0 fully saturated rings. The van der Waals surface area contributed by atoms with E-state index < -0.39 is 0 Å². The third kappa shape index (κ3) is 5.42. The molecule has 4 aromatic carbocycles. The molecule has 2 atom stereocenters. The summed E-state index contributed by atoms with van der Waals surface area (Å²) >= 11 is 0. The van der Waals surface area contributed by atoms with E-state index in [9.17, 15) is 0 Å². The van der Waals surface area contributed by atoms with Crippen LogP contribution in [-0.2, 0) is 25.7 Å². The Morgan fingerprint density at radius 2 is 1.44 bits per heavy atom. The summed E-state index contributed by atoms with van der Waals surface area (Å²) in [5.41, 5.74) is 7.07. The number of nitrogens with one attached hydrogen (secondary N) is 1. The molecule has 0 radical (unpaired) electrons. The molecule has 8 rings (SSSR count). The van der Waals surface area contributed by atoms with Crippen LogP contribution in [0, 0.1) is 0 Å². The monoisotopic (exact) mass is 608 g/mol. The molecule has 4 aromatic rings. The van der Waals surface area contributed by atoms with Gasteiger partial charge in [0.2, 0.25) is 5.75 Å². The van der Waals surface area contributed by atoms with E-state index in [0.717, 1.165) is 49.2 Å². The number of hydrogen-bond acceptors (Lipinski definition) is 8. The Bertz CT molecular complexity index is 1720. The van der Waals surface area contributed by atoms with E-state index in [1.54, 1.807) is 28.4 Å². The van der Waals surface area contributed by atoms with Gasteiger partial charge >= 0.3 is 0 Å². The zero-order valence-electron chi connectivity index (χ0n) is 26.6. The molecular formula is C37H40N2O6. The van der Waals surface area contributed by atoms with Crippen LogP contribution in [-0.4, -0.2) is 53.5 Å². The third-order valence-electron chi connectivity index (χ3n) is 9.39. The van der Waals surface area contributed by atoms with E-state index in [1.165, 1.54) is 22.3 Å². The predicted molar refractivity (Wildman–Crippen MR) is 173 cm³/mol. The molecule has 6 bridgehead atoms. The van der Waals surface area contributed by atoms with Gasteiger partial charge in [0, 0.05) is 24.2 Å². The van der Waals surface area contributed by atoms with E-state index in [1.807, 2.05) is 18.2 Å². The molecule has 0 aliphatic carbocycles. The lowest BCUT2D eigenvalue weighted by Crippen LogP contribution is -2.33. The van der Waals surface area contributed by atoms with Gasteiger partial charge in [-0.1, -0.05) is 18.2 Å². The minimum Gasteiger partial charge on any atom is -0.493 e. The molecule has 0 amide bonds. The average Bonchev–Trinajstić information content (AvgIpc) is 3.06. The van der Waals surface area contributed by atoms with E-state index in [0.29, 0.717) is 46.7 Å². The Balaban J connectivity index is 1.45. The molecule has 45 heavy (non-hydrogen) atoms. The second-order valence-corrected chi connectivity index (χ2v) is 12.0. The Hall–Kier alpha value is -4.40. The fourth-order valence-corrected chi connectivity index (χ4v) is 7.03. The van der Waals surface area contributed by atoms with Crippen molar-refractivity contribution in [3.8, 4) is 46.0 Å². The van der Waals surface area contributed by atoms with Crippen LogP contribution >= 0.6 is 0 Å². The number of benzene rings is 4. The van der Waals surface area contributed by atoms with Gasteiger partial charge < -0.3 is 33.7 Å². The number of fused-ring (bicyclic) bond motifs is 2. The van der Waals surface area contributed by atoms with E-state index in [-0.39, 0.29) is 12.1 Å². The zero-order chi connectivity index (χ0) is 31.1. The van der Waals surface area contributed by atoms with Gasteiger partial charge in [0.25, 0.3) is 0 Å². The van der Waals surface area contributed by atoms with Gasteiger partial charge in [0.05, 0.1) is 28.4 Å². The lowest BCUT2D eigenvalue weighted by atomic mass is 9.88. The maximum atomic E-state index is 6.97. The Labute approximate surface area is 264 Å². The molecule has 0 aromatic heterocycles. The molecule has 0 spiro atoms. The van der Waals surface area contributed by atoms with Gasteiger partial charge in [0.1, 0.15) is 5.75 Å². The van der Waals surface area contributed by atoms with Crippen molar-refractivity contribution in [3.05, 3.63) is 94.0 Å². The van der Waals surface area contributed by atoms with E-state index in [4.69, 9.17) is 28.4 Å². The molecule has 4 aliphatic rings. The van der Waals surface area contributed by atoms with Gasteiger partial charge in [-0.2, -0.15) is 0 Å². The highest BCUT2D eigenvalue weighted by Gasteiger charge is 2.32. The zero-order valence-corrected chi connectivity index (χ0v) is 26.6. The highest BCUT2D eigenvalue weighted by molar-refractivity contribution is 5.63. The molecule has 0 unspecified atom stereocenters. The van der Waals surface area contributed by atoms with Gasteiger partial charge in [0.15, 0.2) is 34.5 Å². The molecule has 234 valence electrons. The minimum atomic E-state index is -0.0505. The maximum absolute atomic E-state index is 6.97. The summed E-state index contributed by atoms with van der Waals surface area (Å²) in [5.74, 6) is 5.35. The van der Waals surface area contributed by atoms with Gasteiger partial charge in [-0.25, -0.2) is 0 Å². The average molecular weight is 609 g/mol. The van der Waals surface area contributed by atoms with Gasteiger partial charge in [-0.05, 0) is 110 Å². The number of rotatable bonds is 4. The molecule has 0 saturated heterocycles. The Kier molecular flexibility index (Phi) is 7.94. The molecule has 1 N–H and O–H groups in total. The van der Waals surface area contributed by atoms with Crippen LogP contribution in [0.15, 0.2) is 60.7 Å². The summed E-state index contributed by atoms with van der Waals surface area (Å²) < 4.78 is 36.9. The first-order valence-corrected chi connectivity index (χ1v) is 15.5. The Morgan fingerprint density at radius 1 is 0.711 bits per heavy atom.